The van der Waals surface area contributed by atoms with E-state index in [0.717, 1.165) is 22.0 Å². The zero-order chi connectivity index (χ0) is 21.4. The fraction of sp³-hybridized carbons (Fsp3) is 0.435. The summed E-state index contributed by atoms with van der Waals surface area (Å²) in [5.41, 5.74) is 0.823. The molecule has 5 nitrogen and oxygen atoms in total. The molecule has 0 aliphatic rings. The molecular weight excluding hydrogens is 388 g/mol. The molecule has 0 heterocycles. The van der Waals surface area contributed by atoms with Crippen LogP contribution in [0.2, 0.25) is 0 Å². The Balaban J connectivity index is 1.94. The van der Waals surface area contributed by atoms with E-state index in [1.807, 2.05) is 63.2 Å². The Bertz CT molecular complexity index is 801. The molecule has 0 amide bonds. The van der Waals surface area contributed by atoms with Crippen LogP contribution in [0.15, 0.2) is 47.4 Å². The van der Waals surface area contributed by atoms with Gasteiger partial charge >= 0.3 is 5.97 Å². The SMILES string of the molecule is CCOC(COc1ccc(C)cc1)CSc1ccc(OC(C)(C)C(=O)O)c(C)c1. The van der Waals surface area contributed by atoms with Gasteiger partial charge in [0, 0.05) is 17.3 Å². The Morgan fingerprint density at radius 1 is 1.14 bits per heavy atom. The van der Waals surface area contributed by atoms with Crippen LogP contribution in [0.4, 0.5) is 0 Å². The highest BCUT2D eigenvalue weighted by atomic mass is 32.2. The van der Waals surface area contributed by atoms with E-state index in [4.69, 9.17) is 14.2 Å². The number of hydrogen-bond donors (Lipinski definition) is 1. The highest BCUT2D eigenvalue weighted by molar-refractivity contribution is 7.99. The summed E-state index contributed by atoms with van der Waals surface area (Å²) in [5.74, 6) is 1.16. The predicted octanol–water partition coefficient (Wildman–Crippen LogP) is 5.12. The Morgan fingerprint density at radius 3 is 2.41 bits per heavy atom. The molecule has 0 saturated heterocycles. The van der Waals surface area contributed by atoms with E-state index in [0.29, 0.717) is 19.0 Å². The lowest BCUT2D eigenvalue weighted by atomic mass is 10.1. The molecule has 158 valence electrons. The van der Waals surface area contributed by atoms with E-state index in [1.165, 1.54) is 19.4 Å². The molecule has 1 unspecified atom stereocenters. The highest BCUT2D eigenvalue weighted by Gasteiger charge is 2.29. The second-order valence-electron chi connectivity index (χ2n) is 7.36. The zero-order valence-electron chi connectivity index (χ0n) is 17.7. The molecule has 0 aliphatic heterocycles. The van der Waals surface area contributed by atoms with E-state index >= 15 is 0 Å². The first-order valence-corrected chi connectivity index (χ1v) is 10.7. The quantitative estimate of drug-likeness (QED) is 0.511. The number of hydrogen-bond acceptors (Lipinski definition) is 5. The molecule has 0 fully saturated rings. The number of aryl methyl sites for hydroxylation is 2. The normalized spacial score (nSPS) is 12.4. The van der Waals surface area contributed by atoms with E-state index in [2.05, 4.69) is 0 Å². The minimum atomic E-state index is -1.27. The zero-order valence-corrected chi connectivity index (χ0v) is 18.5. The van der Waals surface area contributed by atoms with Crippen LogP contribution < -0.4 is 9.47 Å². The maximum atomic E-state index is 11.3. The van der Waals surface area contributed by atoms with Gasteiger partial charge in [-0.15, -0.1) is 11.8 Å². The average molecular weight is 419 g/mol. The van der Waals surface area contributed by atoms with Gasteiger partial charge in [-0.3, -0.25) is 0 Å². The summed E-state index contributed by atoms with van der Waals surface area (Å²) in [6.45, 7) is 10.1. The van der Waals surface area contributed by atoms with Crippen molar-refractivity contribution in [2.24, 2.45) is 0 Å². The Labute approximate surface area is 177 Å². The van der Waals surface area contributed by atoms with Gasteiger partial charge in [0.25, 0.3) is 0 Å². The first-order valence-electron chi connectivity index (χ1n) is 9.68. The van der Waals surface area contributed by atoms with Crippen molar-refractivity contribution < 1.29 is 24.1 Å². The van der Waals surface area contributed by atoms with Gasteiger partial charge in [0.05, 0.1) is 0 Å². The molecule has 2 aromatic carbocycles. The van der Waals surface area contributed by atoms with Crippen molar-refractivity contribution in [2.75, 3.05) is 19.0 Å². The van der Waals surface area contributed by atoms with Crippen LogP contribution in [-0.4, -0.2) is 41.7 Å². The minimum absolute atomic E-state index is 0.0338. The van der Waals surface area contributed by atoms with Crippen LogP contribution in [-0.2, 0) is 9.53 Å². The summed E-state index contributed by atoms with van der Waals surface area (Å²) < 4.78 is 17.3. The summed E-state index contributed by atoms with van der Waals surface area (Å²) in [4.78, 5) is 12.3. The lowest BCUT2D eigenvalue weighted by molar-refractivity contribution is -0.152. The average Bonchev–Trinajstić information content (AvgIpc) is 2.67. The van der Waals surface area contributed by atoms with E-state index in [9.17, 15) is 9.90 Å². The lowest BCUT2D eigenvalue weighted by Gasteiger charge is -2.23. The number of carbonyl (C=O) groups is 1. The Morgan fingerprint density at radius 2 is 1.83 bits per heavy atom. The molecule has 0 aliphatic carbocycles. The molecule has 6 heteroatoms. The lowest BCUT2D eigenvalue weighted by Crippen LogP contribution is -2.38. The maximum absolute atomic E-state index is 11.3. The second kappa shape index (κ2) is 10.6. The van der Waals surface area contributed by atoms with Gasteiger partial charge in [0.2, 0.25) is 0 Å². The van der Waals surface area contributed by atoms with Crippen molar-refractivity contribution in [3.05, 3.63) is 53.6 Å². The largest absolute Gasteiger partial charge is 0.491 e. The molecule has 2 rings (SSSR count). The van der Waals surface area contributed by atoms with Crippen LogP contribution in [0.5, 0.6) is 11.5 Å². The Hall–Kier alpha value is -2.18. The van der Waals surface area contributed by atoms with Gasteiger partial charge in [-0.05, 0) is 70.5 Å². The van der Waals surface area contributed by atoms with Crippen molar-refractivity contribution in [3.8, 4) is 11.5 Å². The number of rotatable bonds is 11. The number of aliphatic carboxylic acids is 1. The van der Waals surface area contributed by atoms with Crippen LogP contribution in [0.1, 0.15) is 31.9 Å². The molecule has 0 aromatic heterocycles. The summed E-state index contributed by atoms with van der Waals surface area (Å²) in [5, 5.41) is 9.24. The molecular formula is C23H30O5S. The number of benzene rings is 2. The van der Waals surface area contributed by atoms with Crippen LogP contribution >= 0.6 is 11.8 Å². The smallest absolute Gasteiger partial charge is 0.347 e. The van der Waals surface area contributed by atoms with Crippen molar-refractivity contribution in [2.45, 2.75) is 51.2 Å². The van der Waals surface area contributed by atoms with Gasteiger partial charge < -0.3 is 19.3 Å². The van der Waals surface area contributed by atoms with Crippen molar-refractivity contribution in [1.29, 1.82) is 0 Å². The summed E-state index contributed by atoms with van der Waals surface area (Å²) in [7, 11) is 0. The fourth-order valence-electron chi connectivity index (χ4n) is 2.54. The first kappa shape index (κ1) is 23.1. The van der Waals surface area contributed by atoms with E-state index < -0.39 is 11.6 Å². The molecule has 1 atom stereocenters. The molecule has 0 spiro atoms. The molecule has 0 radical (unpaired) electrons. The molecule has 2 aromatic rings. The first-order chi connectivity index (χ1) is 13.7. The maximum Gasteiger partial charge on any atom is 0.347 e. The third kappa shape index (κ3) is 7.29. The van der Waals surface area contributed by atoms with Crippen LogP contribution in [0.3, 0.4) is 0 Å². The van der Waals surface area contributed by atoms with Gasteiger partial charge in [0.1, 0.15) is 24.2 Å². The molecule has 0 bridgehead atoms. The predicted molar refractivity (Wildman–Crippen MR) is 116 cm³/mol. The standard InChI is InChI=1S/C23H30O5S/c1-6-26-19(14-27-18-9-7-16(2)8-10-18)15-29-20-11-12-21(17(3)13-20)28-23(4,5)22(24)25/h7-13,19H,6,14-15H2,1-5H3,(H,24,25). The van der Waals surface area contributed by atoms with Gasteiger partial charge in [-0.2, -0.15) is 0 Å². The number of ether oxygens (including phenoxy) is 3. The van der Waals surface area contributed by atoms with Gasteiger partial charge in [-0.1, -0.05) is 17.7 Å². The molecule has 0 saturated carbocycles. The monoisotopic (exact) mass is 418 g/mol. The molecule has 29 heavy (non-hydrogen) atoms. The van der Waals surface area contributed by atoms with Gasteiger partial charge in [-0.25, -0.2) is 4.79 Å². The minimum Gasteiger partial charge on any atom is -0.491 e. The number of carboxylic acid groups (broad SMARTS) is 1. The summed E-state index contributed by atoms with van der Waals surface area (Å²) in [6, 6.07) is 13.7. The van der Waals surface area contributed by atoms with E-state index in [-0.39, 0.29) is 6.10 Å². The number of thioether (sulfide) groups is 1. The van der Waals surface area contributed by atoms with Crippen molar-refractivity contribution in [1.82, 2.24) is 0 Å². The third-order valence-corrected chi connectivity index (χ3v) is 5.45. The summed E-state index contributed by atoms with van der Waals surface area (Å²) >= 11 is 1.68. The second-order valence-corrected chi connectivity index (χ2v) is 8.45. The topological polar surface area (TPSA) is 65.0 Å². The highest BCUT2D eigenvalue weighted by Crippen LogP contribution is 2.29. The Kier molecular flexibility index (Phi) is 8.41. The van der Waals surface area contributed by atoms with Crippen molar-refractivity contribution in [3.63, 3.8) is 0 Å². The van der Waals surface area contributed by atoms with Crippen LogP contribution in [0, 0.1) is 13.8 Å². The van der Waals surface area contributed by atoms with Crippen molar-refractivity contribution >= 4 is 17.7 Å². The molecule has 1 N–H and O–H groups in total. The fourth-order valence-corrected chi connectivity index (χ4v) is 3.53. The third-order valence-electron chi connectivity index (χ3n) is 4.32. The van der Waals surface area contributed by atoms with Gasteiger partial charge in [0.15, 0.2) is 5.60 Å². The summed E-state index contributed by atoms with van der Waals surface area (Å²) in [6.07, 6.45) is -0.0338. The number of carboxylic acids is 1. The van der Waals surface area contributed by atoms with E-state index in [1.54, 1.807) is 11.8 Å². The van der Waals surface area contributed by atoms with Crippen LogP contribution in [0.25, 0.3) is 0 Å².